The molecule has 0 fully saturated rings. The number of non-ortho nitro benzene ring substituents is 1. The standard InChI is InChI=1S/C11H9NO4/c1-7-2-3-16-11-8(6-13)4-9(12(14)15)5-10(7)11/h2,4-6H,3H2,1H3. The molecule has 0 saturated heterocycles. The van der Waals surface area contributed by atoms with Gasteiger partial charge in [-0.15, -0.1) is 0 Å². The maximum Gasteiger partial charge on any atom is 0.271 e. The van der Waals surface area contributed by atoms with Gasteiger partial charge in [-0.2, -0.15) is 0 Å². The van der Waals surface area contributed by atoms with E-state index in [2.05, 4.69) is 0 Å². The van der Waals surface area contributed by atoms with Crippen molar-refractivity contribution < 1.29 is 14.5 Å². The van der Waals surface area contributed by atoms with E-state index in [1.54, 1.807) is 0 Å². The largest absolute Gasteiger partial charge is 0.488 e. The van der Waals surface area contributed by atoms with Crippen LogP contribution in [0.25, 0.3) is 5.57 Å². The van der Waals surface area contributed by atoms with Crippen molar-refractivity contribution in [1.82, 2.24) is 0 Å². The molecule has 0 bridgehead atoms. The minimum Gasteiger partial charge on any atom is -0.488 e. The van der Waals surface area contributed by atoms with E-state index in [1.165, 1.54) is 12.1 Å². The highest BCUT2D eigenvalue weighted by Crippen LogP contribution is 2.35. The molecule has 16 heavy (non-hydrogen) atoms. The van der Waals surface area contributed by atoms with Gasteiger partial charge >= 0.3 is 0 Å². The van der Waals surface area contributed by atoms with Crippen molar-refractivity contribution in [3.05, 3.63) is 39.4 Å². The zero-order chi connectivity index (χ0) is 11.7. The summed E-state index contributed by atoms with van der Waals surface area (Å²) in [6, 6.07) is 2.65. The predicted molar refractivity (Wildman–Crippen MR) is 57.6 cm³/mol. The Balaban J connectivity index is 2.69. The Morgan fingerprint density at radius 1 is 1.50 bits per heavy atom. The average Bonchev–Trinajstić information content (AvgIpc) is 2.28. The number of benzene rings is 1. The van der Waals surface area contributed by atoms with Crippen molar-refractivity contribution >= 4 is 17.5 Å². The molecule has 0 N–H and O–H groups in total. The molecule has 2 rings (SSSR count). The SMILES string of the molecule is CC1=CCOc2c(C=O)cc([N+](=O)[O-])cc21. The maximum absolute atomic E-state index is 10.8. The number of nitrogens with zero attached hydrogens (tertiary/aromatic N) is 1. The van der Waals surface area contributed by atoms with E-state index in [0.29, 0.717) is 24.2 Å². The molecule has 1 aliphatic heterocycles. The molecule has 1 aliphatic rings. The molecule has 0 aliphatic carbocycles. The smallest absolute Gasteiger partial charge is 0.271 e. The molecule has 82 valence electrons. The number of carbonyl (C=O) groups excluding carboxylic acids is 1. The first kappa shape index (κ1) is 10.4. The Morgan fingerprint density at radius 3 is 2.88 bits per heavy atom. The fourth-order valence-electron chi connectivity index (χ4n) is 1.64. The first-order valence-electron chi connectivity index (χ1n) is 4.71. The minimum atomic E-state index is -0.519. The van der Waals surface area contributed by atoms with Gasteiger partial charge in [0.05, 0.1) is 10.5 Å². The van der Waals surface area contributed by atoms with Crippen LogP contribution in [0.15, 0.2) is 18.2 Å². The van der Waals surface area contributed by atoms with Crippen molar-refractivity contribution in [2.24, 2.45) is 0 Å². The van der Waals surface area contributed by atoms with E-state index in [-0.39, 0.29) is 11.3 Å². The number of ether oxygens (including phenoxy) is 1. The van der Waals surface area contributed by atoms with Crippen LogP contribution in [-0.4, -0.2) is 17.8 Å². The Kier molecular flexibility index (Phi) is 2.44. The number of fused-ring (bicyclic) bond motifs is 1. The van der Waals surface area contributed by atoms with E-state index >= 15 is 0 Å². The second-order valence-electron chi connectivity index (χ2n) is 3.48. The van der Waals surface area contributed by atoms with Gasteiger partial charge in [0.1, 0.15) is 12.4 Å². The summed E-state index contributed by atoms with van der Waals surface area (Å²) in [5.41, 5.74) is 1.62. The Labute approximate surface area is 91.5 Å². The summed E-state index contributed by atoms with van der Waals surface area (Å²) in [4.78, 5) is 21.0. The summed E-state index contributed by atoms with van der Waals surface area (Å²) in [6.07, 6.45) is 2.39. The van der Waals surface area contributed by atoms with Gasteiger partial charge in [0.25, 0.3) is 5.69 Å². The molecular formula is C11H9NO4. The summed E-state index contributed by atoms with van der Waals surface area (Å²) in [5, 5.41) is 10.7. The first-order valence-corrected chi connectivity index (χ1v) is 4.71. The van der Waals surface area contributed by atoms with Gasteiger partial charge in [-0.1, -0.05) is 0 Å². The van der Waals surface area contributed by atoms with E-state index in [1.807, 2.05) is 13.0 Å². The monoisotopic (exact) mass is 219 g/mol. The quantitative estimate of drug-likeness (QED) is 0.434. The molecule has 5 nitrogen and oxygen atoms in total. The summed E-state index contributed by atoms with van der Waals surface area (Å²) in [7, 11) is 0. The van der Waals surface area contributed by atoms with Crippen LogP contribution in [0.3, 0.4) is 0 Å². The van der Waals surface area contributed by atoms with Crippen LogP contribution in [0.1, 0.15) is 22.8 Å². The number of aldehydes is 1. The average molecular weight is 219 g/mol. The van der Waals surface area contributed by atoms with Crippen molar-refractivity contribution in [2.75, 3.05) is 6.61 Å². The van der Waals surface area contributed by atoms with Crippen LogP contribution in [0, 0.1) is 10.1 Å². The summed E-state index contributed by atoms with van der Waals surface area (Å²) in [6.45, 7) is 2.22. The lowest BCUT2D eigenvalue weighted by atomic mass is 10.00. The first-order chi connectivity index (χ1) is 7.63. The van der Waals surface area contributed by atoms with Crippen molar-refractivity contribution in [1.29, 1.82) is 0 Å². The van der Waals surface area contributed by atoms with Crippen LogP contribution in [0.4, 0.5) is 5.69 Å². The molecule has 0 spiro atoms. The molecule has 0 amide bonds. The summed E-state index contributed by atoms with van der Waals surface area (Å²) < 4.78 is 5.32. The third-order valence-electron chi connectivity index (χ3n) is 2.48. The molecular weight excluding hydrogens is 210 g/mol. The molecule has 0 saturated carbocycles. The van der Waals surface area contributed by atoms with Crippen molar-refractivity contribution in [2.45, 2.75) is 6.92 Å². The maximum atomic E-state index is 10.8. The van der Waals surface area contributed by atoms with Gasteiger partial charge in [-0.25, -0.2) is 0 Å². The fourth-order valence-corrected chi connectivity index (χ4v) is 1.64. The fraction of sp³-hybridized carbons (Fsp3) is 0.182. The lowest BCUT2D eigenvalue weighted by Gasteiger charge is -2.17. The van der Waals surface area contributed by atoms with Crippen LogP contribution in [0.2, 0.25) is 0 Å². The minimum absolute atomic E-state index is 0.0981. The van der Waals surface area contributed by atoms with Gasteiger partial charge in [0, 0.05) is 17.7 Å². The summed E-state index contributed by atoms with van der Waals surface area (Å²) >= 11 is 0. The molecule has 5 heteroatoms. The second kappa shape index (κ2) is 3.77. The molecule has 1 heterocycles. The van der Waals surface area contributed by atoms with Crippen LogP contribution < -0.4 is 4.74 Å². The van der Waals surface area contributed by atoms with Crippen molar-refractivity contribution in [3.63, 3.8) is 0 Å². The number of carbonyl (C=O) groups is 1. The summed E-state index contributed by atoms with van der Waals surface area (Å²) in [5.74, 6) is 0.431. The molecule has 0 unspecified atom stereocenters. The Hall–Kier alpha value is -2.17. The number of hydrogen-bond donors (Lipinski definition) is 0. The van der Waals surface area contributed by atoms with Gasteiger partial charge in [0.2, 0.25) is 0 Å². The van der Waals surface area contributed by atoms with E-state index in [0.717, 1.165) is 5.57 Å². The Bertz CT molecular complexity index is 505. The highest BCUT2D eigenvalue weighted by atomic mass is 16.6. The molecule has 0 radical (unpaired) electrons. The highest BCUT2D eigenvalue weighted by Gasteiger charge is 2.20. The van der Waals surface area contributed by atoms with Crippen molar-refractivity contribution in [3.8, 4) is 5.75 Å². The predicted octanol–water partition coefficient (Wildman–Crippen LogP) is 2.20. The van der Waals surface area contributed by atoms with E-state index < -0.39 is 4.92 Å². The normalized spacial score (nSPS) is 13.4. The van der Waals surface area contributed by atoms with Gasteiger partial charge in [-0.3, -0.25) is 14.9 Å². The van der Waals surface area contributed by atoms with Gasteiger partial charge in [0.15, 0.2) is 6.29 Å². The van der Waals surface area contributed by atoms with Gasteiger partial charge < -0.3 is 4.74 Å². The number of rotatable bonds is 2. The zero-order valence-corrected chi connectivity index (χ0v) is 8.60. The molecule has 1 aromatic rings. The Morgan fingerprint density at radius 2 is 2.25 bits per heavy atom. The topological polar surface area (TPSA) is 69.4 Å². The third kappa shape index (κ3) is 1.56. The highest BCUT2D eigenvalue weighted by molar-refractivity contribution is 5.87. The van der Waals surface area contributed by atoms with Crippen LogP contribution >= 0.6 is 0 Å². The van der Waals surface area contributed by atoms with Gasteiger partial charge in [-0.05, 0) is 18.6 Å². The molecule has 1 aromatic carbocycles. The van der Waals surface area contributed by atoms with E-state index in [4.69, 9.17) is 4.74 Å². The number of nitro groups is 1. The van der Waals surface area contributed by atoms with Crippen LogP contribution in [-0.2, 0) is 0 Å². The van der Waals surface area contributed by atoms with E-state index in [9.17, 15) is 14.9 Å². The second-order valence-corrected chi connectivity index (χ2v) is 3.48. The lowest BCUT2D eigenvalue weighted by molar-refractivity contribution is -0.384. The molecule has 0 atom stereocenters. The third-order valence-corrected chi connectivity index (χ3v) is 2.48. The zero-order valence-electron chi connectivity index (χ0n) is 8.60. The number of hydrogen-bond acceptors (Lipinski definition) is 4. The number of allylic oxidation sites excluding steroid dienone is 1. The van der Waals surface area contributed by atoms with Crippen LogP contribution in [0.5, 0.6) is 5.75 Å². The molecule has 0 aromatic heterocycles. The lowest BCUT2D eigenvalue weighted by Crippen LogP contribution is -2.07. The number of nitro benzene ring substituents is 1.